The van der Waals surface area contributed by atoms with E-state index in [9.17, 15) is 5.11 Å². The van der Waals surface area contributed by atoms with Gasteiger partial charge in [-0.25, -0.2) is 0 Å². The van der Waals surface area contributed by atoms with Crippen LogP contribution in [0, 0.1) is 18.8 Å². The lowest BCUT2D eigenvalue weighted by molar-refractivity contribution is 0.00789. The van der Waals surface area contributed by atoms with Crippen LogP contribution in [0.4, 0.5) is 0 Å². The fourth-order valence-corrected chi connectivity index (χ4v) is 3.10. The van der Waals surface area contributed by atoms with Crippen LogP contribution in [0.2, 0.25) is 0 Å². The Morgan fingerprint density at radius 3 is 2.43 bits per heavy atom. The van der Waals surface area contributed by atoms with Gasteiger partial charge in [0.2, 0.25) is 0 Å². The molecule has 0 aliphatic rings. The van der Waals surface area contributed by atoms with Crippen LogP contribution < -0.4 is 4.74 Å². The molecule has 2 aromatic carbocycles. The molecule has 0 radical (unpaired) electrons. The van der Waals surface area contributed by atoms with Gasteiger partial charge < -0.3 is 14.6 Å². The molecule has 0 fully saturated rings. The largest absolute Gasteiger partial charge is 0.510 e. The molecule has 30 heavy (non-hydrogen) atoms. The van der Waals surface area contributed by atoms with Crippen molar-refractivity contribution in [3.05, 3.63) is 77.1 Å². The molecule has 1 atom stereocenters. The van der Waals surface area contributed by atoms with E-state index in [1.165, 1.54) is 18.4 Å². The Morgan fingerprint density at radius 1 is 1.10 bits per heavy atom. The van der Waals surface area contributed by atoms with Crippen molar-refractivity contribution < 1.29 is 14.6 Å². The van der Waals surface area contributed by atoms with Gasteiger partial charge in [0.1, 0.15) is 24.2 Å². The minimum atomic E-state index is -0.430. The first-order valence-corrected chi connectivity index (χ1v) is 10.7. The maximum atomic E-state index is 9.82. The second-order valence-electron chi connectivity index (χ2n) is 7.86. The SMILES string of the molecule is C=C(O)C(Cc1ccc(C)c(OCC#Cc2ccc(CCCC)cc2)c1)OC(C)C. The van der Waals surface area contributed by atoms with Crippen LogP contribution in [0.25, 0.3) is 0 Å². The first kappa shape index (κ1) is 23.6. The van der Waals surface area contributed by atoms with Crippen molar-refractivity contribution in [1.82, 2.24) is 0 Å². The van der Waals surface area contributed by atoms with Crippen LogP contribution in [0.15, 0.2) is 54.8 Å². The quantitative estimate of drug-likeness (QED) is 0.378. The maximum Gasteiger partial charge on any atom is 0.149 e. The molecule has 0 aliphatic carbocycles. The molecule has 2 rings (SSSR count). The van der Waals surface area contributed by atoms with Crippen molar-refractivity contribution in [2.45, 2.75) is 65.6 Å². The number of hydrogen-bond donors (Lipinski definition) is 1. The standard InChI is InChI=1S/C27H34O3/c1-6-7-9-23-13-15-24(16-14-23)10-8-17-29-26-18-25(12-11-21(26)4)19-27(22(5)28)30-20(2)3/h11-16,18,20,27-28H,5-7,9,17,19H2,1-4H3. The highest BCUT2D eigenvalue weighted by molar-refractivity contribution is 5.39. The molecule has 0 saturated carbocycles. The number of aliphatic hydroxyl groups excluding tert-OH is 1. The molecule has 0 spiro atoms. The van der Waals surface area contributed by atoms with E-state index in [4.69, 9.17) is 9.47 Å². The van der Waals surface area contributed by atoms with E-state index >= 15 is 0 Å². The molecule has 0 aromatic heterocycles. The Balaban J connectivity index is 1.96. The van der Waals surface area contributed by atoms with Crippen LogP contribution in [0.3, 0.4) is 0 Å². The number of unbranched alkanes of at least 4 members (excludes halogenated alkanes) is 1. The highest BCUT2D eigenvalue weighted by atomic mass is 16.5. The predicted octanol–water partition coefficient (Wildman–Crippen LogP) is 6.18. The summed E-state index contributed by atoms with van der Waals surface area (Å²) in [7, 11) is 0. The Hall–Kier alpha value is -2.70. The highest BCUT2D eigenvalue weighted by Crippen LogP contribution is 2.22. The molecule has 0 bridgehead atoms. The lowest BCUT2D eigenvalue weighted by atomic mass is 10.0. The Labute approximate surface area is 181 Å². The van der Waals surface area contributed by atoms with E-state index in [1.54, 1.807) is 0 Å². The molecule has 1 unspecified atom stereocenters. The molecule has 3 heteroatoms. The fraction of sp³-hybridized carbons (Fsp3) is 0.407. The smallest absolute Gasteiger partial charge is 0.149 e. The molecule has 0 saturated heterocycles. The summed E-state index contributed by atoms with van der Waals surface area (Å²) in [4.78, 5) is 0. The van der Waals surface area contributed by atoms with Crippen molar-refractivity contribution in [2.75, 3.05) is 6.61 Å². The molecule has 0 heterocycles. The van der Waals surface area contributed by atoms with Crippen LogP contribution >= 0.6 is 0 Å². The van der Waals surface area contributed by atoms with Gasteiger partial charge in [-0.1, -0.05) is 56.0 Å². The Morgan fingerprint density at radius 2 is 1.80 bits per heavy atom. The summed E-state index contributed by atoms with van der Waals surface area (Å²) in [5.74, 6) is 7.09. The van der Waals surface area contributed by atoms with Gasteiger partial charge in [0.05, 0.1) is 6.10 Å². The van der Waals surface area contributed by atoms with Crippen molar-refractivity contribution in [3.8, 4) is 17.6 Å². The third kappa shape index (κ3) is 7.97. The topological polar surface area (TPSA) is 38.7 Å². The zero-order valence-corrected chi connectivity index (χ0v) is 18.7. The zero-order chi connectivity index (χ0) is 21.9. The van der Waals surface area contributed by atoms with E-state index in [2.05, 4.69) is 49.6 Å². The summed E-state index contributed by atoms with van der Waals surface area (Å²) in [6.45, 7) is 12.1. The predicted molar refractivity (Wildman–Crippen MR) is 124 cm³/mol. The second kappa shape index (κ2) is 12.1. The molecule has 0 amide bonds. The third-order valence-electron chi connectivity index (χ3n) is 4.79. The monoisotopic (exact) mass is 406 g/mol. The van der Waals surface area contributed by atoms with Crippen molar-refractivity contribution in [1.29, 1.82) is 0 Å². The first-order valence-electron chi connectivity index (χ1n) is 10.7. The van der Waals surface area contributed by atoms with Crippen LogP contribution in [-0.4, -0.2) is 23.9 Å². The summed E-state index contributed by atoms with van der Waals surface area (Å²) in [6.07, 6.45) is 3.67. The summed E-state index contributed by atoms with van der Waals surface area (Å²) < 4.78 is 11.7. The molecular weight excluding hydrogens is 372 g/mol. The average molecular weight is 407 g/mol. The highest BCUT2D eigenvalue weighted by Gasteiger charge is 2.16. The van der Waals surface area contributed by atoms with E-state index in [-0.39, 0.29) is 11.9 Å². The minimum Gasteiger partial charge on any atom is -0.510 e. The van der Waals surface area contributed by atoms with E-state index in [1.807, 2.05) is 39.0 Å². The second-order valence-corrected chi connectivity index (χ2v) is 7.86. The number of aryl methyl sites for hydroxylation is 2. The lowest BCUT2D eigenvalue weighted by Crippen LogP contribution is -2.22. The lowest BCUT2D eigenvalue weighted by Gasteiger charge is -2.20. The van der Waals surface area contributed by atoms with Crippen molar-refractivity contribution in [2.24, 2.45) is 0 Å². The molecule has 1 N–H and O–H groups in total. The Bertz CT molecular complexity index is 869. The zero-order valence-electron chi connectivity index (χ0n) is 18.7. The van der Waals surface area contributed by atoms with Crippen molar-refractivity contribution >= 4 is 0 Å². The van der Waals surface area contributed by atoms with Gasteiger partial charge in [-0.3, -0.25) is 0 Å². The Kier molecular flexibility index (Phi) is 9.51. The van der Waals surface area contributed by atoms with Gasteiger partial charge in [-0.05, 0) is 68.5 Å². The van der Waals surface area contributed by atoms with Gasteiger partial charge in [-0.2, -0.15) is 0 Å². The van der Waals surface area contributed by atoms with Crippen LogP contribution in [0.1, 0.15) is 55.9 Å². The van der Waals surface area contributed by atoms with Crippen LogP contribution in [0.5, 0.6) is 5.75 Å². The summed E-state index contributed by atoms with van der Waals surface area (Å²) in [5, 5.41) is 9.82. The molecular formula is C27H34O3. The van der Waals surface area contributed by atoms with Gasteiger partial charge in [0.15, 0.2) is 0 Å². The molecule has 2 aromatic rings. The van der Waals surface area contributed by atoms with E-state index < -0.39 is 6.10 Å². The maximum absolute atomic E-state index is 9.82. The van der Waals surface area contributed by atoms with Gasteiger partial charge >= 0.3 is 0 Å². The summed E-state index contributed by atoms with van der Waals surface area (Å²) in [5.41, 5.74) is 4.42. The normalized spacial score (nSPS) is 11.6. The van der Waals surface area contributed by atoms with Gasteiger partial charge in [-0.15, -0.1) is 0 Å². The molecule has 0 aliphatic heterocycles. The fourth-order valence-electron chi connectivity index (χ4n) is 3.10. The van der Waals surface area contributed by atoms with Gasteiger partial charge in [0, 0.05) is 12.0 Å². The van der Waals surface area contributed by atoms with Gasteiger partial charge in [0.25, 0.3) is 0 Å². The van der Waals surface area contributed by atoms with Crippen molar-refractivity contribution in [3.63, 3.8) is 0 Å². The average Bonchev–Trinajstić information content (AvgIpc) is 2.71. The van der Waals surface area contributed by atoms with E-state index in [0.717, 1.165) is 28.9 Å². The van der Waals surface area contributed by atoms with Crippen LogP contribution in [-0.2, 0) is 17.6 Å². The molecule has 160 valence electrons. The number of benzene rings is 2. The number of ether oxygens (including phenoxy) is 2. The number of hydrogen-bond acceptors (Lipinski definition) is 3. The van der Waals surface area contributed by atoms with E-state index in [0.29, 0.717) is 13.0 Å². The third-order valence-corrected chi connectivity index (χ3v) is 4.79. The summed E-state index contributed by atoms with van der Waals surface area (Å²) in [6, 6.07) is 14.5. The first-order chi connectivity index (χ1) is 14.4. The number of rotatable bonds is 10. The minimum absolute atomic E-state index is 0.0102. The number of aliphatic hydroxyl groups is 1. The summed E-state index contributed by atoms with van der Waals surface area (Å²) >= 11 is 0. The molecule has 3 nitrogen and oxygen atoms in total.